The summed E-state index contributed by atoms with van der Waals surface area (Å²) in [6, 6.07) is 7.69. The van der Waals surface area contributed by atoms with Crippen LogP contribution < -0.4 is 20.1 Å². The zero-order valence-corrected chi connectivity index (χ0v) is 32.6. The van der Waals surface area contributed by atoms with Crippen LogP contribution in [0, 0.1) is 17.3 Å². The number of carbonyl (C=O) groups is 4. The predicted octanol–water partition coefficient (Wildman–Crippen LogP) is 5.15. The van der Waals surface area contributed by atoms with E-state index in [4.69, 9.17) is 14.5 Å². The Kier molecular flexibility index (Phi) is 11.0. The number of fused-ring (bicyclic) bond motifs is 4. The molecule has 4 fully saturated rings. The monoisotopic (exact) mass is 775 g/mol. The predicted molar refractivity (Wildman–Crippen MR) is 207 cm³/mol. The van der Waals surface area contributed by atoms with Crippen LogP contribution in [0.25, 0.3) is 17.0 Å². The van der Waals surface area contributed by atoms with Crippen LogP contribution in [0.4, 0.5) is 4.79 Å². The molecule has 0 unspecified atom stereocenters. The Morgan fingerprint density at radius 3 is 2.56 bits per heavy atom. The number of para-hydroxylation sites is 1. The Labute approximate surface area is 323 Å². The normalized spacial score (nSPS) is 29.7. The number of rotatable bonds is 7. The van der Waals surface area contributed by atoms with Crippen LogP contribution in [-0.4, -0.2) is 84.2 Å². The summed E-state index contributed by atoms with van der Waals surface area (Å²) in [5.74, 6) is -2.18. The van der Waals surface area contributed by atoms with Crippen molar-refractivity contribution >= 4 is 50.8 Å². The van der Waals surface area contributed by atoms with Gasteiger partial charge in [-0.25, -0.2) is 18.2 Å². The molecule has 296 valence electrons. The Morgan fingerprint density at radius 2 is 1.84 bits per heavy atom. The maximum atomic E-state index is 14.8. The van der Waals surface area contributed by atoms with Crippen molar-refractivity contribution in [1.29, 1.82) is 0 Å². The van der Waals surface area contributed by atoms with Gasteiger partial charge in [-0.1, -0.05) is 69.5 Å². The summed E-state index contributed by atoms with van der Waals surface area (Å²) in [6.07, 6.45) is 12.1. The number of allylic oxidation sites excluding steroid dienone is 1. The fraction of sp³-hybridized carbons (Fsp3) is 0.585. The number of ether oxygens (including phenoxy) is 2. The van der Waals surface area contributed by atoms with Gasteiger partial charge in [0.1, 0.15) is 23.7 Å². The number of pyridine rings is 1. The van der Waals surface area contributed by atoms with Gasteiger partial charge in [-0.15, -0.1) is 6.58 Å². The lowest BCUT2D eigenvalue weighted by molar-refractivity contribution is -0.142. The third kappa shape index (κ3) is 8.69. The maximum absolute atomic E-state index is 14.8. The molecule has 55 heavy (non-hydrogen) atoms. The number of amides is 4. The van der Waals surface area contributed by atoms with E-state index in [1.807, 2.05) is 50.3 Å². The average molecular weight is 776 g/mol. The Hall–Kier alpha value is -4.46. The van der Waals surface area contributed by atoms with E-state index in [1.54, 1.807) is 0 Å². The standard InChI is InChI=1S/C41H53N5O8S/c1-4-29-23-41(29,38(49)45-55(51,52)31-18-19-31)44-35(47)33-22-30-24-46(33)37(48)34(26-13-7-5-8-14-26)43-39(50)53-25-40(2,3)20-12-6-9-16-28-21-27-15-10-11-17-32(27)42-36(28)54-30/h4,9-11,15-17,21,26,29-31,33-34H,1,5-8,12-14,18-20,22-25H2,2-3H3,(H,43,50)(H,44,47)(H,45,49)/b16-9+/t29-,30-,33+,34+,41-/m1/s1. The fourth-order valence-electron chi connectivity index (χ4n) is 8.32. The number of aromatic nitrogens is 1. The third-order valence-corrected chi connectivity index (χ3v) is 13.7. The number of hydrogen-bond acceptors (Lipinski definition) is 9. The number of cyclic esters (lactones) is 1. The van der Waals surface area contributed by atoms with E-state index in [1.165, 1.54) is 11.0 Å². The number of carbonyl (C=O) groups excluding carboxylic acids is 4. The highest BCUT2D eigenvalue weighted by atomic mass is 32.2. The zero-order valence-electron chi connectivity index (χ0n) is 31.8. The third-order valence-electron chi connectivity index (χ3n) is 11.9. The fourth-order valence-corrected chi connectivity index (χ4v) is 9.68. The van der Waals surface area contributed by atoms with E-state index in [9.17, 15) is 27.6 Å². The molecule has 5 aliphatic rings. The minimum absolute atomic E-state index is 0.0156. The van der Waals surface area contributed by atoms with Crippen molar-refractivity contribution in [2.75, 3.05) is 13.2 Å². The Bertz CT molecular complexity index is 1970. The minimum Gasteiger partial charge on any atom is -0.472 e. The molecule has 14 heteroatoms. The maximum Gasteiger partial charge on any atom is 0.407 e. The molecule has 3 N–H and O–H groups in total. The van der Waals surface area contributed by atoms with Gasteiger partial charge in [-0.05, 0) is 74.8 Å². The molecule has 3 aliphatic carbocycles. The molecule has 4 amide bonds. The lowest BCUT2D eigenvalue weighted by Crippen LogP contribution is -2.59. The average Bonchev–Trinajstić information content (AvgIpc) is 4.09. The van der Waals surface area contributed by atoms with Crippen LogP contribution in [0.3, 0.4) is 0 Å². The molecule has 1 aromatic carbocycles. The van der Waals surface area contributed by atoms with Crippen molar-refractivity contribution in [2.45, 2.75) is 120 Å². The molecule has 2 aromatic rings. The first-order valence-electron chi connectivity index (χ1n) is 19.8. The second kappa shape index (κ2) is 15.6. The molecule has 0 spiro atoms. The van der Waals surface area contributed by atoms with E-state index in [2.05, 4.69) is 28.0 Å². The van der Waals surface area contributed by atoms with E-state index in [0.29, 0.717) is 18.7 Å². The van der Waals surface area contributed by atoms with Gasteiger partial charge in [0.2, 0.25) is 27.7 Å². The van der Waals surface area contributed by atoms with Crippen LogP contribution in [0.2, 0.25) is 0 Å². The number of alkyl carbamates (subject to hydrolysis) is 1. The number of hydrogen-bond donors (Lipinski definition) is 3. The summed E-state index contributed by atoms with van der Waals surface area (Å²) in [7, 11) is -3.89. The van der Waals surface area contributed by atoms with Crippen molar-refractivity contribution in [3.63, 3.8) is 0 Å². The van der Waals surface area contributed by atoms with Gasteiger partial charge in [-0.3, -0.25) is 19.1 Å². The van der Waals surface area contributed by atoms with Gasteiger partial charge in [0.05, 0.1) is 23.9 Å². The molecule has 2 aliphatic heterocycles. The van der Waals surface area contributed by atoms with Crippen molar-refractivity contribution in [3.05, 3.63) is 54.6 Å². The van der Waals surface area contributed by atoms with Crippen LogP contribution >= 0.6 is 0 Å². The zero-order chi connectivity index (χ0) is 39.0. The summed E-state index contributed by atoms with van der Waals surface area (Å²) in [5.41, 5.74) is -0.342. The van der Waals surface area contributed by atoms with Gasteiger partial charge >= 0.3 is 6.09 Å². The smallest absolute Gasteiger partial charge is 0.407 e. The number of nitrogens with one attached hydrogen (secondary N) is 3. The summed E-state index contributed by atoms with van der Waals surface area (Å²) < 4.78 is 40.1. The Balaban J connectivity index is 1.23. The summed E-state index contributed by atoms with van der Waals surface area (Å²) in [5, 5.41) is 6.06. The highest BCUT2D eigenvalue weighted by Crippen LogP contribution is 2.45. The molecule has 0 radical (unpaired) electrons. The largest absolute Gasteiger partial charge is 0.472 e. The van der Waals surface area contributed by atoms with Gasteiger partial charge < -0.3 is 25.0 Å². The van der Waals surface area contributed by atoms with E-state index < -0.39 is 68.7 Å². The lowest BCUT2D eigenvalue weighted by Gasteiger charge is -2.35. The first-order valence-corrected chi connectivity index (χ1v) is 21.3. The molecule has 5 atom stereocenters. The Morgan fingerprint density at radius 1 is 1.07 bits per heavy atom. The van der Waals surface area contributed by atoms with Crippen LogP contribution in [0.5, 0.6) is 5.88 Å². The van der Waals surface area contributed by atoms with Crippen LogP contribution in [0.1, 0.15) is 96.5 Å². The molecule has 13 nitrogen and oxygen atoms in total. The van der Waals surface area contributed by atoms with E-state index in [-0.39, 0.29) is 37.3 Å². The molecular weight excluding hydrogens is 723 g/mol. The van der Waals surface area contributed by atoms with Crippen molar-refractivity contribution < 1.29 is 37.1 Å². The lowest BCUT2D eigenvalue weighted by atomic mass is 9.83. The molecule has 1 saturated heterocycles. The minimum atomic E-state index is -3.89. The summed E-state index contributed by atoms with van der Waals surface area (Å²) in [6.45, 7) is 8.09. The molecule has 3 saturated carbocycles. The van der Waals surface area contributed by atoms with Crippen molar-refractivity contribution in [1.82, 2.24) is 25.2 Å². The molecule has 2 bridgehead atoms. The summed E-state index contributed by atoms with van der Waals surface area (Å²) >= 11 is 0. The van der Waals surface area contributed by atoms with Gasteiger partial charge in [-0.2, -0.15) is 0 Å². The molecule has 1 aromatic heterocycles. The first kappa shape index (κ1) is 38.8. The highest BCUT2D eigenvalue weighted by molar-refractivity contribution is 7.91. The molecular formula is C41H53N5O8S. The van der Waals surface area contributed by atoms with Crippen molar-refractivity contribution in [3.8, 4) is 5.88 Å². The molecule has 7 rings (SSSR count). The van der Waals surface area contributed by atoms with Gasteiger partial charge in [0.25, 0.3) is 5.91 Å². The van der Waals surface area contributed by atoms with E-state index in [0.717, 1.165) is 67.8 Å². The van der Waals surface area contributed by atoms with Gasteiger partial charge in [0, 0.05) is 23.3 Å². The second-order valence-electron chi connectivity index (χ2n) is 16.8. The van der Waals surface area contributed by atoms with Gasteiger partial charge in [0.15, 0.2) is 0 Å². The molecule has 3 heterocycles. The number of benzene rings is 1. The highest BCUT2D eigenvalue weighted by Gasteiger charge is 2.62. The SMILES string of the molecule is C=C[C@@H]1C[C@]1(NC(=O)[C@@H]1C[C@@H]2CN1C(=O)[C@H](C1CCCCC1)NC(=O)OCC(C)(C)CCC/C=C/c1cc3ccccc3nc1O2)C(=O)NS(=O)(=O)C1CC1. The number of nitrogens with zero attached hydrogens (tertiary/aromatic N) is 2. The van der Waals surface area contributed by atoms with E-state index >= 15 is 0 Å². The number of sulfonamides is 1. The quantitative estimate of drug-likeness (QED) is 0.322. The van der Waals surface area contributed by atoms with Crippen LogP contribution in [-0.2, 0) is 29.1 Å². The summed E-state index contributed by atoms with van der Waals surface area (Å²) in [4.78, 5) is 62.6. The van der Waals surface area contributed by atoms with Crippen molar-refractivity contribution in [2.24, 2.45) is 17.3 Å². The first-order chi connectivity index (χ1) is 26.3. The second-order valence-corrected chi connectivity index (χ2v) is 18.8. The topological polar surface area (TPSA) is 173 Å². The van der Waals surface area contributed by atoms with Crippen LogP contribution in [0.15, 0.2) is 49.1 Å².